The van der Waals surface area contributed by atoms with E-state index in [9.17, 15) is 0 Å². The van der Waals surface area contributed by atoms with Gasteiger partial charge in [0.2, 0.25) is 0 Å². The van der Waals surface area contributed by atoms with E-state index in [2.05, 4.69) is 16.8 Å². The summed E-state index contributed by atoms with van der Waals surface area (Å²) in [6.07, 6.45) is 6.05. The summed E-state index contributed by atoms with van der Waals surface area (Å²) in [5.74, 6) is 0.556. The van der Waals surface area contributed by atoms with Gasteiger partial charge in [-0.3, -0.25) is 0 Å². The van der Waals surface area contributed by atoms with Crippen LogP contribution < -0.4 is 0 Å². The highest BCUT2D eigenvalue weighted by Gasteiger charge is 1.99. The number of benzene rings is 1. The summed E-state index contributed by atoms with van der Waals surface area (Å²) < 4.78 is 2.14. The average Bonchev–Trinajstić information content (AvgIpc) is 2.62. The second kappa shape index (κ2) is 4.73. The van der Waals surface area contributed by atoms with Gasteiger partial charge in [-0.05, 0) is 23.6 Å². The molecular weight excluding hydrogens is 229 g/mol. The van der Waals surface area contributed by atoms with Crippen LogP contribution in [-0.2, 0) is 6.54 Å². The molecule has 0 saturated carbocycles. The van der Waals surface area contributed by atoms with Crippen molar-refractivity contribution in [2.45, 2.75) is 6.54 Å². The van der Waals surface area contributed by atoms with Crippen LogP contribution in [-0.4, -0.2) is 10.4 Å². The summed E-state index contributed by atoms with van der Waals surface area (Å²) in [5, 5.41) is 1.97. The maximum Gasteiger partial charge on any atom is 0.0498 e. The first-order valence-electron chi connectivity index (χ1n) is 4.76. The summed E-state index contributed by atoms with van der Waals surface area (Å²) in [6, 6.07) is 7.99. The van der Waals surface area contributed by atoms with Crippen molar-refractivity contribution in [3.63, 3.8) is 0 Å². The van der Waals surface area contributed by atoms with E-state index < -0.39 is 0 Å². The zero-order valence-corrected chi connectivity index (χ0v) is 9.67. The molecule has 0 aliphatic rings. The minimum Gasteiger partial charge on any atom is -0.344 e. The number of hydrogen-bond donors (Lipinski definition) is 0. The topological polar surface area (TPSA) is 4.93 Å². The van der Waals surface area contributed by atoms with Crippen molar-refractivity contribution in [3.05, 3.63) is 47.6 Å². The van der Waals surface area contributed by atoms with E-state index in [1.165, 1.54) is 5.39 Å². The minimum absolute atomic E-state index is 0.556. The molecule has 1 aromatic carbocycles. The predicted octanol–water partition coefficient (Wildman–Crippen LogP) is 4.09. The number of allylic oxidation sites excluding steroid dienone is 2. The minimum atomic E-state index is 0.556. The number of hydrogen-bond acceptors (Lipinski definition) is 0. The molecule has 0 saturated heterocycles. The second-order valence-electron chi connectivity index (χ2n) is 3.30. The summed E-state index contributed by atoms with van der Waals surface area (Å²) in [7, 11) is 0. The zero-order chi connectivity index (χ0) is 10.7. The quantitative estimate of drug-likeness (QED) is 0.562. The SMILES string of the molecule is ClC/C=C/Cn1ccc2ccc(Cl)cc21. The molecule has 15 heavy (non-hydrogen) atoms. The monoisotopic (exact) mass is 239 g/mol. The lowest BCUT2D eigenvalue weighted by molar-refractivity contribution is 0.862. The van der Waals surface area contributed by atoms with Gasteiger partial charge in [-0.1, -0.05) is 29.8 Å². The van der Waals surface area contributed by atoms with Crippen LogP contribution in [0.4, 0.5) is 0 Å². The number of rotatable bonds is 3. The van der Waals surface area contributed by atoms with Gasteiger partial charge in [0.05, 0.1) is 0 Å². The van der Waals surface area contributed by atoms with Crippen LogP contribution in [0.15, 0.2) is 42.6 Å². The number of halogens is 2. The highest BCUT2D eigenvalue weighted by Crippen LogP contribution is 2.20. The van der Waals surface area contributed by atoms with Crippen molar-refractivity contribution in [2.75, 3.05) is 5.88 Å². The number of aromatic nitrogens is 1. The molecule has 78 valence electrons. The van der Waals surface area contributed by atoms with Gasteiger partial charge in [-0.25, -0.2) is 0 Å². The Bertz CT molecular complexity index is 485. The lowest BCUT2D eigenvalue weighted by atomic mass is 10.2. The molecule has 1 aromatic heterocycles. The predicted molar refractivity (Wildman–Crippen MR) is 66.8 cm³/mol. The van der Waals surface area contributed by atoms with Crippen molar-refractivity contribution in [1.82, 2.24) is 4.57 Å². The Morgan fingerprint density at radius 3 is 2.87 bits per heavy atom. The number of alkyl halides is 1. The average molecular weight is 240 g/mol. The van der Waals surface area contributed by atoms with Crippen molar-refractivity contribution in [1.29, 1.82) is 0 Å². The van der Waals surface area contributed by atoms with Crippen molar-refractivity contribution in [2.24, 2.45) is 0 Å². The molecule has 2 rings (SSSR count). The Morgan fingerprint density at radius 1 is 1.20 bits per heavy atom. The van der Waals surface area contributed by atoms with Crippen LogP contribution >= 0.6 is 23.2 Å². The van der Waals surface area contributed by atoms with Crippen molar-refractivity contribution >= 4 is 34.1 Å². The largest absolute Gasteiger partial charge is 0.344 e. The Kier molecular flexibility index (Phi) is 3.34. The van der Waals surface area contributed by atoms with Crippen LogP contribution in [0.5, 0.6) is 0 Å². The summed E-state index contributed by atoms with van der Waals surface area (Å²) in [5.41, 5.74) is 1.15. The first kappa shape index (κ1) is 10.6. The van der Waals surface area contributed by atoms with Crippen LogP contribution in [0.2, 0.25) is 5.02 Å². The van der Waals surface area contributed by atoms with Crippen LogP contribution in [0.25, 0.3) is 10.9 Å². The van der Waals surface area contributed by atoms with E-state index in [0.717, 1.165) is 17.1 Å². The van der Waals surface area contributed by atoms with Crippen molar-refractivity contribution < 1.29 is 0 Å². The van der Waals surface area contributed by atoms with E-state index in [0.29, 0.717) is 5.88 Å². The van der Waals surface area contributed by atoms with E-state index in [1.54, 1.807) is 0 Å². The lowest BCUT2D eigenvalue weighted by Crippen LogP contribution is -1.92. The molecular formula is C12H11Cl2N. The third-order valence-corrected chi connectivity index (χ3v) is 2.71. The first-order valence-corrected chi connectivity index (χ1v) is 5.68. The number of fused-ring (bicyclic) bond motifs is 1. The fourth-order valence-corrected chi connectivity index (χ4v) is 1.86. The van der Waals surface area contributed by atoms with Crippen molar-refractivity contribution in [3.8, 4) is 0 Å². The van der Waals surface area contributed by atoms with Crippen LogP contribution in [0.3, 0.4) is 0 Å². The molecule has 1 heterocycles. The van der Waals surface area contributed by atoms with Crippen LogP contribution in [0, 0.1) is 0 Å². The molecule has 0 bridgehead atoms. The highest BCUT2D eigenvalue weighted by molar-refractivity contribution is 6.31. The molecule has 0 spiro atoms. The Morgan fingerprint density at radius 2 is 2.07 bits per heavy atom. The molecule has 1 nitrogen and oxygen atoms in total. The van der Waals surface area contributed by atoms with Gasteiger partial charge in [0.1, 0.15) is 0 Å². The highest BCUT2D eigenvalue weighted by atomic mass is 35.5. The first-order chi connectivity index (χ1) is 7.31. The summed E-state index contributed by atoms with van der Waals surface area (Å²) in [4.78, 5) is 0. The third kappa shape index (κ3) is 2.36. The van der Waals surface area contributed by atoms with Gasteiger partial charge >= 0.3 is 0 Å². The third-order valence-electron chi connectivity index (χ3n) is 2.29. The molecule has 0 fully saturated rings. The molecule has 0 aliphatic heterocycles. The van der Waals surface area contributed by atoms with Gasteiger partial charge in [0, 0.05) is 29.2 Å². The smallest absolute Gasteiger partial charge is 0.0498 e. The van der Waals surface area contributed by atoms with E-state index >= 15 is 0 Å². The fraction of sp³-hybridized carbons (Fsp3) is 0.167. The Hall–Kier alpha value is -0.920. The lowest BCUT2D eigenvalue weighted by Gasteiger charge is -2.01. The molecule has 0 unspecified atom stereocenters. The van der Waals surface area contributed by atoms with Gasteiger partial charge in [-0.2, -0.15) is 0 Å². The maximum absolute atomic E-state index is 5.96. The normalized spacial score (nSPS) is 11.6. The van der Waals surface area contributed by atoms with Gasteiger partial charge < -0.3 is 4.57 Å². The second-order valence-corrected chi connectivity index (χ2v) is 4.04. The molecule has 2 aromatic rings. The maximum atomic E-state index is 5.96. The van der Waals surface area contributed by atoms with Gasteiger partial charge in [-0.15, -0.1) is 11.6 Å². The molecule has 0 atom stereocenters. The number of nitrogens with zero attached hydrogens (tertiary/aromatic N) is 1. The fourth-order valence-electron chi connectivity index (χ4n) is 1.57. The van der Waals surface area contributed by atoms with Gasteiger partial charge in [0.15, 0.2) is 0 Å². The molecule has 3 heteroatoms. The summed E-state index contributed by atoms with van der Waals surface area (Å²) >= 11 is 11.5. The van der Waals surface area contributed by atoms with E-state index in [-0.39, 0.29) is 0 Å². The summed E-state index contributed by atoms with van der Waals surface area (Å²) in [6.45, 7) is 0.830. The standard InChI is InChI=1S/C12H11Cl2N/c13-6-1-2-7-15-8-5-10-3-4-11(14)9-12(10)15/h1-5,8-9H,6-7H2/b2-1+. The zero-order valence-electron chi connectivity index (χ0n) is 8.16. The van der Waals surface area contributed by atoms with E-state index in [4.69, 9.17) is 23.2 Å². The Labute approximate surface area is 98.9 Å². The molecule has 0 aliphatic carbocycles. The van der Waals surface area contributed by atoms with Crippen LogP contribution in [0.1, 0.15) is 0 Å². The molecule has 0 radical (unpaired) electrons. The van der Waals surface area contributed by atoms with Gasteiger partial charge in [0.25, 0.3) is 0 Å². The molecule has 0 amide bonds. The molecule has 0 N–H and O–H groups in total. The van der Waals surface area contributed by atoms with E-state index in [1.807, 2.05) is 30.4 Å². The Balaban J connectivity index is 2.35.